The molecule has 0 aliphatic carbocycles. The molecule has 0 saturated carbocycles. The first-order chi connectivity index (χ1) is 9.93. The van der Waals surface area contributed by atoms with Crippen LogP contribution >= 0.6 is 0 Å². The number of nitrogens with zero attached hydrogens (tertiary/aromatic N) is 1. The number of rotatable bonds is 3. The number of piperidine rings is 1. The van der Waals surface area contributed by atoms with Crippen molar-refractivity contribution in [3.63, 3.8) is 0 Å². The number of fused-ring (bicyclic) bond motifs is 2. The average Bonchev–Trinajstić information content (AvgIpc) is 2.72. The van der Waals surface area contributed by atoms with E-state index in [0.717, 1.165) is 31.2 Å². The first-order valence-corrected chi connectivity index (χ1v) is 8.81. The summed E-state index contributed by atoms with van der Waals surface area (Å²) >= 11 is 0. The highest BCUT2D eigenvalue weighted by molar-refractivity contribution is 7.89. The monoisotopic (exact) mass is 310 g/mol. The topological polar surface area (TPSA) is 72.6 Å². The number of sulfonamides is 1. The number of hydrogen-bond acceptors (Lipinski definition) is 4. The lowest BCUT2D eigenvalue weighted by molar-refractivity contribution is 0.227. The third-order valence-electron chi connectivity index (χ3n) is 4.64. The maximum Gasteiger partial charge on any atom is 0.243 e. The van der Waals surface area contributed by atoms with Crippen molar-refractivity contribution in [3.05, 3.63) is 23.8 Å². The summed E-state index contributed by atoms with van der Waals surface area (Å²) in [5, 5.41) is 0. The molecule has 2 aliphatic rings. The fraction of sp³-hybridized carbons (Fsp3) is 0.600. The van der Waals surface area contributed by atoms with Crippen molar-refractivity contribution in [3.8, 4) is 5.75 Å². The molecule has 2 atom stereocenters. The van der Waals surface area contributed by atoms with Crippen molar-refractivity contribution in [2.45, 2.75) is 55.6 Å². The summed E-state index contributed by atoms with van der Waals surface area (Å²) in [5.41, 5.74) is 6.86. The van der Waals surface area contributed by atoms with Crippen LogP contribution in [0.3, 0.4) is 0 Å². The maximum atomic E-state index is 13.0. The highest BCUT2D eigenvalue weighted by atomic mass is 32.2. The van der Waals surface area contributed by atoms with Gasteiger partial charge in [-0.05, 0) is 56.4 Å². The average molecular weight is 310 g/mol. The Morgan fingerprint density at radius 3 is 2.38 bits per heavy atom. The van der Waals surface area contributed by atoms with Crippen LogP contribution in [0.15, 0.2) is 23.1 Å². The molecule has 2 aliphatic heterocycles. The second kappa shape index (κ2) is 5.26. The number of methoxy groups -OCH3 is 1. The Kier molecular flexibility index (Phi) is 3.71. The molecule has 21 heavy (non-hydrogen) atoms. The lowest BCUT2D eigenvalue weighted by Gasteiger charge is -2.36. The molecule has 0 spiro atoms. The van der Waals surface area contributed by atoms with Crippen molar-refractivity contribution >= 4 is 10.0 Å². The van der Waals surface area contributed by atoms with E-state index in [2.05, 4.69) is 0 Å². The summed E-state index contributed by atoms with van der Waals surface area (Å²) in [6.07, 6.45) is 3.38. The molecule has 0 radical (unpaired) electrons. The molecule has 6 heteroatoms. The smallest absolute Gasteiger partial charge is 0.243 e. The van der Waals surface area contributed by atoms with Gasteiger partial charge in [0.1, 0.15) is 5.75 Å². The lowest BCUT2D eigenvalue weighted by Crippen LogP contribution is -2.49. The minimum Gasteiger partial charge on any atom is -0.496 e. The van der Waals surface area contributed by atoms with Crippen molar-refractivity contribution in [2.75, 3.05) is 7.11 Å². The maximum absolute atomic E-state index is 13.0. The van der Waals surface area contributed by atoms with Crippen LogP contribution in [-0.4, -0.2) is 38.0 Å². The Balaban J connectivity index is 1.96. The Bertz CT molecular complexity index is 630. The van der Waals surface area contributed by atoms with Gasteiger partial charge in [0.2, 0.25) is 10.0 Å². The normalized spacial score (nSPS) is 29.6. The van der Waals surface area contributed by atoms with E-state index in [1.165, 1.54) is 0 Å². The van der Waals surface area contributed by atoms with Crippen molar-refractivity contribution in [1.82, 2.24) is 4.31 Å². The molecule has 1 aromatic rings. The van der Waals surface area contributed by atoms with E-state index in [4.69, 9.17) is 10.5 Å². The first-order valence-electron chi connectivity index (χ1n) is 7.37. The Morgan fingerprint density at radius 2 is 1.86 bits per heavy atom. The highest BCUT2D eigenvalue weighted by Crippen LogP contribution is 2.39. The molecule has 3 rings (SSSR count). The standard InChI is InChI=1S/C15H22N2O3S/c1-10-7-14(5-6-15(10)20-2)21(18,19)17-12-3-4-13(17)9-11(16)8-12/h5-7,11-13H,3-4,8-9,16H2,1-2H3. The molecule has 116 valence electrons. The van der Waals surface area contributed by atoms with Gasteiger partial charge in [-0.2, -0.15) is 4.31 Å². The summed E-state index contributed by atoms with van der Waals surface area (Å²) < 4.78 is 32.8. The van der Waals surface area contributed by atoms with Crippen LogP contribution in [0.4, 0.5) is 0 Å². The van der Waals surface area contributed by atoms with Gasteiger partial charge in [-0.1, -0.05) is 0 Å². The minimum atomic E-state index is -3.45. The number of hydrogen-bond donors (Lipinski definition) is 1. The van der Waals surface area contributed by atoms with E-state index < -0.39 is 10.0 Å². The van der Waals surface area contributed by atoms with E-state index in [9.17, 15) is 8.42 Å². The predicted octanol–water partition coefficient (Wildman–Crippen LogP) is 1.65. The van der Waals surface area contributed by atoms with Crippen molar-refractivity contribution in [1.29, 1.82) is 0 Å². The SMILES string of the molecule is COc1ccc(S(=O)(=O)N2C3CCC2CC(N)C3)cc1C. The van der Waals surface area contributed by atoms with E-state index >= 15 is 0 Å². The number of ether oxygens (including phenoxy) is 1. The third-order valence-corrected chi connectivity index (χ3v) is 6.65. The van der Waals surface area contributed by atoms with Crippen LogP contribution in [0.1, 0.15) is 31.2 Å². The van der Waals surface area contributed by atoms with Crippen LogP contribution in [0.25, 0.3) is 0 Å². The Hall–Kier alpha value is -1.11. The Labute approximate surface area is 126 Å². The fourth-order valence-corrected chi connectivity index (χ4v) is 5.68. The summed E-state index contributed by atoms with van der Waals surface area (Å²) in [7, 11) is -1.86. The molecule has 2 saturated heterocycles. The molecule has 2 fully saturated rings. The van der Waals surface area contributed by atoms with Crippen LogP contribution in [-0.2, 0) is 10.0 Å². The molecular formula is C15H22N2O3S. The van der Waals surface area contributed by atoms with E-state index in [1.54, 1.807) is 29.6 Å². The van der Waals surface area contributed by atoms with Crippen LogP contribution < -0.4 is 10.5 Å². The quantitative estimate of drug-likeness (QED) is 0.921. The van der Waals surface area contributed by atoms with E-state index in [0.29, 0.717) is 10.6 Å². The van der Waals surface area contributed by atoms with Gasteiger partial charge in [0.15, 0.2) is 0 Å². The molecular weight excluding hydrogens is 288 g/mol. The molecule has 5 nitrogen and oxygen atoms in total. The largest absolute Gasteiger partial charge is 0.496 e. The third kappa shape index (κ3) is 2.45. The van der Waals surface area contributed by atoms with Gasteiger partial charge in [-0.25, -0.2) is 8.42 Å². The first kappa shape index (κ1) is 14.8. The number of aryl methyl sites for hydroxylation is 1. The van der Waals surface area contributed by atoms with Gasteiger partial charge in [0.25, 0.3) is 0 Å². The predicted molar refractivity (Wildman–Crippen MR) is 80.8 cm³/mol. The van der Waals surface area contributed by atoms with Crippen LogP contribution in [0.5, 0.6) is 5.75 Å². The van der Waals surface area contributed by atoms with E-state index in [1.807, 2.05) is 6.92 Å². The second-order valence-corrected chi connectivity index (χ2v) is 7.93. The second-order valence-electron chi connectivity index (χ2n) is 6.08. The van der Waals surface area contributed by atoms with Crippen molar-refractivity contribution in [2.24, 2.45) is 5.73 Å². The highest BCUT2D eigenvalue weighted by Gasteiger charge is 2.46. The summed E-state index contributed by atoms with van der Waals surface area (Å²) in [6.45, 7) is 1.86. The zero-order valence-corrected chi connectivity index (χ0v) is 13.3. The van der Waals surface area contributed by atoms with Gasteiger partial charge in [0.05, 0.1) is 12.0 Å². The molecule has 0 aromatic heterocycles. The molecule has 2 N–H and O–H groups in total. The Morgan fingerprint density at radius 1 is 1.24 bits per heavy atom. The van der Waals surface area contributed by atoms with Gasteiger partial charge < -0.3 is 10.5 Å². The van der Waals surface area contributed by atoms with Gasteiger partial charge >= 0.3 is 0 Å². The van der Waals surface area contributed by atoms with Crippen LogP contribution in [0, 0.1) is 6.92 Å². The van der Waals surface area contributed by atoms with Crippen LogP contribution in [0.2, 0.25) is 0 Å². The zero-order chi connectivity index (χ0) is 15.2. The zero-order valence-electron chi connectivity index (χ0n) is 12.5. The van der Waals surface area contributed by atoms with Crippen molar-refractivity contribution < 1.29 is 13.2 Å². The molecule has 2 heterocycles. The summed E-state index contributed by atoms with van der Waals surface area (Å²) in [5.74, 6) is 0.706. The van der Waals surface area contributed by atoms with Gasteiger partial charge in [-0.3, -0.25) is 0 Å². The summed E-state index contributed by atoms with van der Waals surface area (Å²) in [4.78, 5) is 0.355. The lowest BCUT2D eigenvalue weighted by atomic mass is 10.0. The number of nitrogens with two attached hydrogens (primary N) is 1. The van der Waals surface area contributed by atoms with Gasteiger partial charge in [-0.15, -0.1) is 0 Å². The minimum absolute atomic E-state index is 0.0613. The molecule has 2 bridgehead atoms. The molecule has 1 aromatic carbocycles. The number of benzene rings is 1. The fourth-order valence-electron chi connectivity index (χ4n) is 3.70. The summed E-state index contributed by atoms with van der Waals surface area (Å²) in [6, 6.07) is 5.31. The molecule has 0 amide bonds. The molecule has 2 unspecified atom stereocenters. The van der Waals surface area contributed by atoms with E-state index in [-0.39, 0.29) is 18.1 Å². The van der Waals surface area contributed by atoms with Gasteiger partial charge in [0, 0.05) is 18.1 Å².